The lowest BCUT2D eigenvalue weighted by molar-refractivity contribution is 0.234. The van der Waals surface area contributed by atoms with Gasteiger partial charge in [-0.25, -0.2) is 0 Å². The van der Waals surface area contributed by atoms with E-state index in [2.05, 4.69) is 11.4 Å². The van der Waals surface area contributed by atoms with Crippen molar-refractivity contribution in [2.24, 2.45) is 0 Å². The monoisotopic (exact) mass is 172 g/mol. The van der Waals surface area contributed by atoms with Gasteiger partial charge in [0.25, 0.3) is 0 Å². The Morgan fingerprint density at radius 1 is 1.38 bits per heavy atom. The normalized spacial score (nSPS) is 8.46. The van der Waals surface area contributed by atoms with Crippen LogP contribution in [0.4, 0.5) is 5.69 Å². The molecule has 0 aliphatic carbocycles. The van der Waals surface area contributed by atoms with Crippen molar-refractivity contribution in [3.63, 3.8) is 0 Å². The van der Waals surface area contributed by atoms with Crippen molar-refractivity contribution in [2.75, 3.05) is 12.1 Å². The number of hydrogen-bond acceptors (Lipinski definition) is 3. The number of rotatable bonds is 3. The molecule has 0 unspecified atom stereocenters. The number of nitriles is 1. The highest BCUT2D eigenvalue weighted by molar-refractivity contribution is 5.45. The third-order valence-corrected chi connectivity index (χ3v) is 1.36. The summed E-state index contributed by atoms with van der Waals surface area (Å²) in [6, 6.07) is 8.90. The lowest BCUT2D eigenvalue weighted by Crippen LogP contribution is -2.00. The summed E-state index contributed by atoms with van der Waals surface area (Å²) in [6.07, 6.45) is 4.98. The zero-order valence-corrected chi connectivity index (χ0v) is 6.95. The van der Waals surface area contributed by atoms with Crippen molar-refractivity contribution in [3.05, 3.63) is 29.8 Å². The van der Waals surface area contributed by atoms with Gasteiger partial charge in [-0.3, -0.25) is 10.3 Å². The van der Waals surface area contributed by atoms with Crippen LogP contribution in [0.25, 0.3) is 0 Å². The van der Waals surface area contributed by atoms with Gasteiger partial charge < -0.3 is 0 Å². The van der Waals surface area contributed by atoms with Gasteiger partial charge in [-0.1, -0.05) is 5.92 Å². The molecule has 0 aliphatic rings. The second-order valence-electron chi connectivity index (χ2n) is 2.28. The molecular weight excluding hydrogens is 164 g/mol. The molecule has 0 aromatic heterocycles. The van der Waals surface area contributed by atoms with Gasteiger partial charge in [0, 0.05) is 0 Å². The third-order valence-electron chi connectivity index (χ3n) is 1.36. The number of nitrogens with zero attached hydrogens (tertiary/aromatic N) is 1. The van der Waals surface area contributed by atoms with Crippen molar-refractivity contribution < 1.29 is 4.84 Å². The fourth-order valence-electron chi connectivity index (χ4n) is 0.774. The van der Waals surface area contributed by atoms with Crippen molar-refractivity contribution >= 4 is 5.69 Å². The summed E-state index contributed by atoms with van der Waals surface area (Å²) >= 11 is 0. The van der Waals surface area contributed by atoms with E-state index in [9.17, 15) is 0 Å². The Bertz CT molecular complexity index is 343. The summed E-state index contributed by atoms with van der Waals surface area (Å²) in [4.78, 5) is 4.87. The Kier molecular flexibility index (Phi) is 3.38. The molecule has 1 aromatic rings. The molecule has 0 aliphatic heterocycles. The quantitative estimate of drug-likeness (QED) is 0.427. The van der Waals surface area contributed by atoms with Crippen LogP contribution >= 0.6 is 0 Å². The molecule has 1 rings (SSSR count). The summed E-state index contributed by atoms with van der Waals surface area (Å²) in [5.41, 5.74) is 4.03. The Morgan fingerprint density at radius 2 is 2.08 bits per heavy atom. The summed E-state index contributed by atoms with van der Waals surface area (Å²) in [5.74, 6) is 2.32. The van der Waals surface area contributed by atoms with Crippen molar-refractivity contribution in [1.29, 1.82) is 5.26 Å². The standard InChI is InChI=1S/C10H8N2O/c1-2-7-13-12-10-5-3-9(8-11)4-6-10/h1,3-6,12H,7H2. The average Bonchev–Trinajstić information content (AvgIpc) is 2.19. The van der Waals surface area contributed by atoms with Gasteiger partial charge >= 0.3 is 0 Å². The highest BCUT2D eigenvalue weighted by Crippen LogP contribution is 2.08. The summed E-state index contributed by atoms with van der Waals surface area (Å²) in [5, 5.41) is 8.51. The molecule has 0 bridgehead atoms. The molecule has 0 atom stereocenters. The van der Waals surface area contributed by atoms with E-state index in [0.29, 0.717) is 5.56 Å². The van der Waals surface area contributed by atoms with E-state index < -0.39 is 0 Å². The first-order valence-electron chi connectivity index (χ1n) is 3.68. The Labute approximate surface area is 76.9 Å². The topological polar surface area (TPSA) is 45.0 Å². The third kappa shape index (κ3) is 2.86. The minimum Gasteiger partial charge on any atom is -0.266 e. The highest BCUT2D eigenvalue weighted by Gasteiger charge is 1.91. The zero-order valence-electron chi connectivity index (χ0n) is 6.95. The van der Waals surface area contributed by atoms with Crippen LogP contribution in [0.15, 0.2) is 24.3 Å². The fraction of sp³-hybridized carbons (Fsp3) is 0.100. The molecule has 1 aromatic carbocycles. The molecule has 64 valence electrons. The highest BCUT2D eigenvalue weighted by atomic mass is 16.6. The van der Waals surface area contributed by atoms with Crippen LogP contribution in [0, 0.1) is 23.7 Å². The largest absolute Gasteiger partial charge is 0.266 e. The Morgan fingerprint density at radius 3 is 2.62 bits per heavy atom. The number of hydrogen-bond donors (Lipinski definition) is 1. The SMILES string of the molecule is C#CCONc1ccc(C#N)cc1. The van der Waals surface area contributed by atoms with Gasteiger partial charge in [-0.05, 0) is 24.3 Å². The van der Waals surface area contributed by atoms with Crippen LogP contribution in [0.3, 0.4) is 0 Å². The summed E-state index contributed by atoms with van der Waals surface area (Å²) in [7, 11) is 0. The van der Waals surface area contributed by atoms with Gasteiger partial charge in [0.05, 0.1) is 17.3 Å². The van der Waals surface area contributed by atoms with E-state index in [4.69, 9.17) is 16.5 Å². The van der Waals surface area contributed by atoms with E-state index in [1.807, 2.05) is 6.07 Å². The molecule has 0 fully saturated rings. The first-order valence-corrected chi connectivity index (χ1v) is 3.68. The maximum absolute atomic E-state index is 8.51. The van der Waals surface area contributed by atoms with Crippen LogP contribution in [-0.2, 0) is 4.84 Å². The van der Waals surface area contributed by atoms with Crippen LogP contribution < -0.4 is 5.48 Å². The molecule has 13 heavy (non-hydrogen) atoms. The van der Waals surface area contributed by atoms with E-state index >= 15 is 0 Å². The van der Waals surface area contributed by atoms with E-state index in [0.717, 1.165) is 5.69 Å². The predicted molar refractivity (Wildman–Crippen MR) is 49.6 cm³/mol. The van der Waals surface area contributed by atoms with E-state index in [1.54, 1.807) is 24.3 Å². The maximum Gasteiger partial charge on any atom is 0.135 e. The van der Waals surface area contributed by atoms with Gasteiger partial charge in [0.15, 0.2) is 0 Å². The van der Waals surface area contributed by atoms with Crippen LogP contribution in [0.1, 0.15) is 5.56 Å². The van der Waals surface area contributed by atoms with Crippen LogP contribution in [0.2, 0.25) is 0 Å². The molecule has 0 saturated carbocycles. The Balaban J connectivity index is 2.52. The van der Waals surface area contributed by atoms with E-state index in [1.165, 1.54) is 0 Å². The number of nitrogens with one attached hydrogen (secondary N) is 1. The molecule has 0 saturated heterocycles. The number of anilines is 1. The summed E-state index contributed by atoms with van der Waals surface area (Å²) in [6.45, 7) is 0.208. The van der Waals surface area contributed by atoms with E-state index in [-0.39, 0.29) is 6.61 Å². The molecular formula is C10H8N2O. The van der Waals surface area contributed by atoms with Crippen molar-refractivity contribution in [2.45, 2.75) is 0 Å². The van der Waals surface area contributed by atoms with Crippen LogP contribution in [0.5, 0.6) is 0 Å². The minimum atomic E-state index is 0.208. The molecule has 0 heterocycles. The van der Waals surface area contributed by atoms with Crippen LogP contribution in [-0.4, -0.2) is 6.61 Å². The lowest BCUT2D eigenvalue weighted by Gasteiger charge is -2.03. The van der Waals surface area contributed by atoms with Crippen molar-refractivity contribution in [1.82, 2.24) is 0 Å². The first kappa shape index (κ1) is 9.12. The second-order valence-corrected chi connectivity index (χ2v) is 2.28. The first-order chi connectivity index (χ1) is 6.36. The zero-order chi connectivity index (χ0) is 9.52. The maximum atomic E-state index is 8.51. The van der Waals surface area contributed by atoms with Gasteiger partial charge in [-0.2, -0.15) is 5.26 Å². The smallest absolute Gasteiger partial charge is 0.135 e. The molecule has 0 amide bonds. The second kappa shape index (κ2) is 4.82. The van der Waals surface area contributed by atoms with Gasteiger partial charge in [-0.15, -0.1) is 6.42 Å². The lowest BCUT2D eigenvalue weighted by atomic mass is 10.2. The summed E-state index contributed by atoms with van der Waals surface area (Å²) < 4.78 is 0. The molecule has 0 radical (unpaired) electrons. The minimum absolute atomic E-state index is 0.208. The number of benzene rings is 1. The molecule has 1 N–H and O–H groups in total. The molecule has 0 spiro atoms. The van der Waals surface area contributed by atoms with Crippen molar-refractivity contribution in [3.8, 4) is 18.4 Å². The predicted octanol–water partition coefficient (Wildman–Crippen LogP) is 1.53. The fourth-order valence-corrected chi connectivity index (χ4v) is 0.774. The number of terminal acetylenes is 1. The van der Waals surface area contributed by atoms with Gasteiger partial charge in [0.2, 0.25) is 0 Å². The Hall–Kier alpha value is -1.97. The molecule has 3 nitrogen and oxygen atoms in total. The molecule has 3 heteroatoms. The average molecular weight is 172 g/mol. The van der Waals surface area contributed by atoms with Gasteiger partial charge in [0.1, 0.15) is 6.61 Å².